The predicted octanol–water partition coefficient (Wildman–Crippen LogP) is 2.77. The van der Waals surface area contributed by atoms with E-state index >= 15 is 0 Å². The van der Waals surface area contributed by atoms with Gasteiger partial charge in [0, 0.05) is 25.0 Å². The third kappa shape index (κ3) is 8.53. The second-order valence-corrected chi connectivity index (χ2v) is 11.9. The van der Waals surface area contributed by atoms with E-state index in [0.717, 1.165) is 12.8 Å². The number of alkyl halides is 2. The van der Waals surface area contributed by atoms with Crippen molar-refractivity contribution >= 4 is 19.1 Å². The number of nitrogens with zero attached hydrogens (tertiary/aromatic N) is 3. The molecular weight excluding hydrogens is 537 g/mol. The third-order valence-electron chi connectivity index (χ3n) is 8.08. The topological polar surface area (TPSA) is 135 Å². The minimum Gasteiger partial charge on any atom is -0.497 e. The number of hydrogen-bond acceptors (Lipinski definition) is 8. The lowest BCUT2D eigenvalue weighted by Crippen LogP contribution is -2.55. The lowest BCUT2D eigenvalue weighted by Gasteiger charge is -2.43. The second-order valence-electron chi connectivity index (χ2n) is 11.9. The van der Waals surface area contributed by atoms with E-state index in [1.54, 1.807) is 47.9 Å². The van der Waals surface area contributed by atoms with Gasteiger partial charge in [0.25, 0.3) is 5.92 Å². The van der Waals surface area contributed by atoms with Crippen molar-refractivity contribution in [1.82, 2.24) is 15.1 Å². The van der Waals surface area contributed by atoms with Crippen LogP contribution in [0.4, 0.5) is 13.6 Å². The van der Waals surface area contributed by atoms with Crippen LogP contribution in [-0.4, -0.2) is 95.8 Å². The number of nitrogens with one attached hydrogen (secondary N) is 1. The molecule has 10 nitrogen and oxygen atoms in total. The Labute approximate surface area is 240 Å². The van der Waals surface area contributed by atoms with Crippen molar-refractivity contribution in [2.24, 2.45) is 5.41 Å². The van der Waals surface area contributed by atoms with Gasteiger partial charge >= 0.3 is 13.2 Å². The lowest BCUT2D eigenvalue weighted by molar-refractivity contribution is -0.145. The van der Waals surface area contributed by atoms with Crippen LogP contribution in [0.1, 0.15) is 58.4 Å². The van der Waals surface area contributed by atoms with Gasteiger partial charge in [-0.1, -0.05) is 12.1 Å². The molecule has 2 aliphatic rings. The Morgan fingerprint density at radius 2 is 2.00 bits per heavy atom. The highest BCUT2D eigenvalue weighted by molar-refractivity contribution is 6.43. The molecule has 2 fully saturated rings. The smallest absolute Gasteiger partial charge is 0.475 e. The van der Waals surface area contributed by atoms with Crippen LogP contribution < -0.4 is 10.1 Å². The van der Waals surface area contributed by atoms with Crippen molar-refractivity contribution in [2.45, 2.75) is 82.7 Å². The van der Waals surface area contributed by atoms with E-state index in [9.17, 15) is 33.7 Å². The maximum Gasteiger partial charge on any atom is 0.475 e. The average molecular weight is 578 g/mol. The first-order valence-electron chi connectivity index (χ1n) is 14.0. The number of alkyl carbamates (subject to hydrolysis) is 1. The predicted molar refractivity (Wildman–Crippen MR) is 148 cm³/mol. The molecule has 3 atom stereocenters. The molecule has 0 aliphatic carbocycles. The second kappa shape index (κ2) is 13.4. The fraction of sp³-hybridized carbons (Fsp3) is 0.679. The molecule has 0 bridgehead atoms. The van der Waals surface area contributed by atoms with Crippen LogP contribution in [0, 0.1) is 16.7 Å². The molecule has 1 aromatic carbocycles. The Bertz CT molecular complexity index is 1120. The number of methoxy groups -OCH3 is 1. The number of rotatable bonds is 11. The van der Waals surface area contributed by atoms with Gasteiger partial charge in [-0.2, -0.15) is 5.26 Å². The van der Waals surface area contributed by atoms with Crippen molar-refractivity contribution in [1.29, 1.82) is 5.26 Å². The number of nitriles is 1. The summed E-state index contributed by atoms with van der Waals surface area (Å²) in [5.74, 6) is -3.68. The fourth-order valence-electron chi connectivity index (χ4n) is 5.80. The molecule has 0 spiro atoms. The summed E-state index contributed by atoms with van der Waals surface area (Å²) in [5.41, 5.74) is -1.57. The Hall–Kier alpha value is -2.95. The number of ether oxygens (including phenoxy) is 2. The van der Waals surface area contributed by atoms with Crippen LogP contribution >= 0.6 is 0 Å². The van der Waals surface area contributed by atoms with Crippen LogP contribution in [0.5, 0.6) is 5.75 Å². The van der Waals surface area contributed by atoms with Gasteiger partial charge in [0.1, 0.15) is 17.8 Å². The maximum absolute atomic E-state index is 13.9. The van der Waals surface area contributed by atoms with Gasteiger partial charge in [0.15, 0.2) is 0 Å². The number of halogens is 2. The summed E-state index contributed by atoms with van der Waals surface area (Å²) >= 11 is 0. The quantitative estimate of drug-likeness (QED) is 0.342. The highest BCUT2D eigenvalue weighted by Crippen LogP contribution is 2.39. The van der Waals surface area contributed by atoms with Gasteiger partial charge in [-0.15, -0.1) is 0 Å². The highest BCUT2D eigenvalue weighted by atomic mass is 19.3. The van der Waals surface area contributed by atoms with E-state index in [4.69, 9.17) is 9.47 Å². The maximum atomic E-state index is 13.9. The molecule has 0 aromatic heterocycles. The number of carbonyl (C=O) groups is 2. The van der Waals surface area contributed by atoms with Crippen molar-refractivity contribution in [2.75, 3.05) is 33.4 Å². The van der Waals surface area contributed by atoms with E-state index in [0.29, 0.717) is 24.3 Å². The summed E-state index contributed by atoms with van der Waals surface area (Å²) in [7, 11) is -0.335. The summed E-state index contributed by atoms with van der Waals surface area (Å²) in [4.78, 5) is 29.6. The van der Waals surface area contributed by atoms with E-state index in [1.165, 1.54) is 14.0 Å². The molecule has 2 saturated heterocycles. The molecule has 13 heteroatoms. The van der Waals surface area contributed by atoms with Gasteiger partial charge in [-0.3, -0.25) is 9.69 Å². The zero-order valence-corrected chi connectivity index (χ0v) is 24.2. The van der Waals surface area contributed by atoms with E-state index in [1.807, 2.05) is 0 Å². The average Bonchev–Trinajstić information content (AvgIpc) is 3.31. The Morgan fingerprint density at radius 3 is 2.61 bits per heavy atom. The monoisotopic (exact) mass is 578 g/mol. The normalized spacial score (nSPS) is 21.3. The first kappa shape index (κ1) is 32.6. The van der Waals surface area contributed by atoms with Crippen molar-refractivity contribution < 1.29 is 37.9 Å². The number of amides is 2. The van der Waals surface area contributed by atoms with E-state index in [2.05, 4.69) is 11.4 Å². The Balaban J connectivity index is 1.63. The number of hydrogen-bond donors (Lipinski definition) is 3. The number of benzene rings is 1. The Kier molecular flexibility index (Phi) is 10.6. The molecule has 2 aliphatic heterocycles. The van der Waals surface area contributed by atoms with Gasteiger partial charge < -0.3 is 29.7 Å². The SMILES string of the molecule is COc1cccc(C[C@H](NC(=O)OC[C@H]2CCCCN2C(=O)C(C)(C#N)CC(C)(C)N2CCC(F)(F)C2)B(O)O)c1. The lowest BCUT2D eigenvalue weighted by atomic mass is 9.76. The first-order valence-corrected chi connectivity index (χ1v) is 14.0. The van der Waals surface area contributed by atoms with Crippen LogP contribution in [0.15, 0.2) is 24.3 Å². The van der Waals surface area contributed by atoms with Gasteiger partial charge in [0.2, 0.25) is 5.91 Å². The molecule has 1 aromatic rings. The summed E-state index contributed by atoms with van der Waals surface area (Å²) in [6.07, 6.45) is 1.12. The minimum absolute atomic E-state index is 0.0658. The molecule has 41 heavy (non-hydrogen) atoms. The van der Waals surface area contributed by atoms with Crippen molar-refractivity contribution in [3.8, 4) is 11.8 Å². The molecule has 226 valence electrons. The molecule has 2 heterocycles. The van der Waals surface area contributed by atoms with Crippen molar-refractivity contribution in [3.05, 3.63) is 29.8 Å². The number of likely N-dealkylation sites (tertiary alicyclic amines) is 2. The zero-order valence-electron chi connectivity index (χ0n) is 24.2. The van der Waals surface area contributed by atoms with Crippen LogP contribution in [-0.2, 0) is 16.0 Å². The molecule has 1 unspecified atom stereocenters. The highest BCUT2D eigenvalue weighted by Gasteiger charge is 2.49. The Morgan fingerprint density at radius 1 is 1.27 bits per heavy atom. The van der Waals surface area contributed by atoms with Crippen LogP contribution in [0.3, 0.4) is 0 Å². The van der Waals surface area contributed by atoms with Gasteiger partial charge in [0.05, 0.1) is 31.7 Å². The zero-order chi connectivity index (χ0) is 30.4. The fourth-order valence-corrected chi connectivity index (χ4v) is 5.80. The molecule has 3 rings (SSSR count). The summed E-state index contributed by atoms with van der Waals surface area (Å²) in [6, 6.07) is 8.64. The molecule has 0 radical (unpaired) electrons. The van der Waals surface area contributed by atoms with Crippen molar-refractivity contribution in [3.63, 3.8) is 0 Å². The molecule has 3 N–H and O–H groups in total. The van der Waals surface area contributed by atoms with E-state index in [-0.39, 0.29) is 32.4 Å². The first-order chi connectivity index (χ1) is 19.2. The third-order valence-corrected chi connectivity index (χ3v) is 8.08. The van der Waals surface area contributed by atoms with Gasteiger partial charge in [-0.25, -0.2) is 13.6 Å². The number of carbonyl (C=O) groups excluding carboxylic acids is 2. The summed E-state index contributed by atoms with van der Waals surface area (Å²) in [5, 5.41) is 32.2. The van der Waals surface area contributed by atoms with Crippen LogP contribution in [0.2, 0.25) is 0 Å². The minimum atomic E-state index is -2.79. The summed E-state index contributed by atoms with van der Waals surface area (Å²) < 4.78 is 38.4. The number of piperidine rings is 1. The molecule has 0 saturated carbocycles. The molecular formula is C28H41BF2N4O6. The largest absolute Gasteiger partial charge is 0.497 e. The van der Waals surface area contributed by atoms with E-state index < -0.39 is 54.5 Å². The van der Waals surface area contributed by atoms with Gasteiger partial charge in [-0.05, 0) is 70.6 Å². The van der Waals surface area contributed by atoms with Crippen LogP contribution in [0.25, 0.3) is 0 Å². The summed E-state index contributed by atoms with van der Waals surface area (Å²) in [6.45, 7) is 5.09. The molecule has 2 amide bonds. The standard InChI is InChI=1S/C28H41BF2N4O6/c1-26(2,34-13-11-28(30,31)19-34)17-27(3,18-32)24(36)35-12-6-5-9-21(35)16-41-25(37)33-23(29(38)39)15-20-8-7-10-22(14-20)40-4/h7-8,10,14,21,23,38-39H,5-6,9,11-13,15-17,19H2,1-4H3,(H,33,37)/t21-,23+,27?/m1/s1.